The lowest BCUT2D eigenvalue weighted by atomic mass is 9.95. The van der Waals surface area contributed by atoms with Gasteiger partial charge in [0.2, 0.25) is 5.82 Å². The quantitative estimate of drug-likeness (QED) is 0.431. The second kappa shape index (κ2) is 7.40. The number of allylic oxidation sites excluding steroid dienone is 1. The molecule has 0 saturated heterocycles. The zero-order chi connectivity index (χ0) is 20.5. The fraction of sp³-hybridized carbons (Fsp3) is 0.0833. The van der Waals surface area contributed by atoms with Gasteiger partial charge >= 0.3 is 0 Å². The average molecular weight is 392 g/mol. The predicted octanol–water partition coefficient (Wildman–Crippen LogP) is 4.91. The zero-order valence-corrected chi connectivity index (χ0v) is 16.6. The van der Waals surface area contributed by atoms with E-state index < -0.39 is 0 Å². The summed E-state index contributed by atoms with van der Waals surface area (Å²) < 4.78 is 2.21. The monoisotopic (exact) mass is 392 g/mol. The van der Waals surface area contributed by atoms with Crippen LogP contribution in [-0.4, -0.2) is 30.2 Å². The van der Waals surface area contributed by atoms with E-state index in [-0.39, 0.29) is 0 Å². The third-order valence-electron chi connectivity index (χ3n) is 5.23. The van der Waals surface area contributed by atoms with Crippen molar-refractivity contribution in [2.75, 3.05) is 0 Å². The van der Waals surface area contributed by atoms with Gasteiger partial charge in [0.15, 0.2) is 0 Å². The number of hydrogen-bond donors (Lipinski definition) is 1. The van der Waals surface area contributed by atoms with Crippen LogP contribution in [0, 0.1) is 6.92 Å². The molecule has 6 nitrogen and oxygen atoms in total. The Kier molecular flexibility index (Phi) is 4.44. The summed E-state index contributed by atoms with van der Waals surface area (Å²) in [5, 5.41) is 14.6. The molecule has 2 aromatic heterocycles. The summed E-state index contributed by atoms with van der Waals surface area (Å²) in [5.74, 6) is 1.56. The molecule has 30 heavy (non-hydrogen) atoms. The van der Waals surface area contributed by atoms with E-state index in [1.54, 1.807) is 0 Å². The van der Waals surface area contributed by atoms with Crippen molar-refractivity contribution < 1.29 is 0 Å². The fourth-order valence-corrected chi connectivity index (χ4v) is 3.91. The standard InChI is InChI=1S/C24H20N6/c1-3-8-23-25-21-11-6-7-12-22(21)30(23)17-13-14-18(16(2)15-17)19-9-4-5-10-20(19)24-26-28-29-27-24/h3-7,9-15H,1,8H2,2H3,(H,26,27,28,29). The highest BCUT2D eigenvalue weighted by atomic mass is 15.5. The Morgan fingerprint density at radius 1 is 0.967 bits per heavy atom. The Hall–Kier alpha value is -4.06. The van der Waals surface area contributed by atoms with Crippen LogP contribution in [-0.2, 0) is 6.42 Å². The molecule has 5 aromatic rings. The number of nitrogens with zero attached hydrogens (tertiary/aromatic N) is 5. The van der Waals surface area contributed by atoms with Gasteiger partial charge in [-0.3, -0.25) is 4.57 Å². The number of benzene rings is 3. The van der Waals surface area contributed by atoms with Gasteiger partial charge in [0, 0.05) is 17.7 Å². The zero-order valence-electron chi connectivity index (χ0n) is 16.6. The van der Waals surface area contributed by atoms with Crippen LogP contribution in [0.5, 0.6) is 0 Å². The van der Waals surface area contributed by atoms with Crippen LogP contribution in [0.25, 0.3) is 39.2 Å². The highest BCUT2D eigenvalue weighted by Gasteiger charge is 2.15. The number of fused-ring (bicyclic) bond motifs is 1. The van der Waals surface area contributed by atoms with Crippen molar-refractivity contribution in [3.63, 3.8) is 0 Å². The Bertz CT molecular complexity index is 1350. The fourth-order valence-electron chi connectivity index (χ4n) is 3.91. The second-order valence-electron chi connectivity index (χ2n) is 7.13. The number of aryl methyl sites for hydroxylation is 1. The summed E-state index contributed by atoms with van der Waals surface area (Å²) in [4.78, 5) is 4.80. The average Bonchev–Trinajstić information content (AvgIpc) is 3.42. The molecule has 0 spiro atoms. The minimum atomic E-state index is 0.586. The van der Waals surface area contributed by atoms with Crippen molar-refractivity contribution in [3.8, 4) is 28.2 Å². The predicted molar refractivity (Wildman–Crippen MR) is 118 cm³/mol. The number of rotatable bonds is 5. The molecule has 146 valence electrons. The van der Waals surface area contributed by atoms with Crippen LogP contribution in [0.15, 0.2) is 79.4 Å². The van der Waals surface area contributed by atoms with E-state index >= 15 is 0 Å². The molecule has 1 N–H and O–H groups in total. The van der Waals surface area contributed by atoms with Gasteiger partial charge in [-0.25, -0.2) is 4.98 Å². The first-order chi connectivity index (χ1) is 14.8. The molecule has 0 atom stereocenters. The summed E-state index contributed by atoms with van der Waals surface area (Å²) in [5.41, 5.74) is 7.47. The van der Waals surface area contributed by atoms with E-state index in [1.165, 1.54) is 0 Å². The van der Waals surface area contributed by atoms with E-state index in [4.69, 9.17) is 4.98 Å². The molecule has 0 bridgehead atoms. The van der Waals surface area contributed by atoms with Gasteiger partial charge in [0.05, 0.1) is 11.0 Å². The molecule has 0 aliphatic heterocycles. The number of nitrogens with one attached hydrogen (secondary N) is 1. The van der Waals surface area contributed by atoms with Crippen LogP contribution >= 0.6 is 0 Å². The molecule has 0 aliphatic rings. The summed E-state index contributed by atoms with van der Waals surface area (Å²) in [6.07, 6.45) is 2.59. The number of H-pyrrole nitrogens is 1. The van der Waals surface area contributed by atoms with E-state index in [9.17, 15) is 0 Å². The highest BCUT2D eigenvalue weighted by molar-refractivity contribution is 5.83. The molecule has 5 rings (SSSR count). The molecular weight excluding hydrogens is 372 g/mol. The van der Waals surface area contributed by atoms with E-state index in [2.05, 4.69) is 69.0 Å². The van der Waals surface area contributed by atoms with Crippen LogP contribution in [0.2, 0.25) is 0 Å². The van der Waals surface area contributed by atoms with Crippen LogP contribution in [0.3, 0.4) is 0 Å². The molecule has 2 heterocycles. The number of aromatic nitrogens is 6. The Labute approximate surface area is 173 Å². The minimum absolute atomic E-state index is 0.586. The molecule has 0 saturated carbocycles. The second-order valence-corrected chi connectivity index (χ2v) is 7.13. The maximum Gasteiger partial charge on any atom is 0.205 e. The van der Waals surface area contributed by atoms with Gasteiger partial charge in [-0.05, 0) is 53.1 Å². The number of hydrogen-bond acceptors (Lipinski definition) is 4. The van der Waals surface area contributed by atoms with Gasteiger partial charge in [-0.2, -0.15) is 5.21 Å². The first-order valence-electron chi connectivity index (χ1n) is 9.78. The lowest BCUT2D eigenvalue weighted by Crippen LogP contribution is -2.01. The van der Waals surface area contributed by atoms with Crippen LogP contribution in [0.4, 0.5) is 0 Å². The summed E-state index contributed by atoms with van der Waals surface area (Å²) in [6.45, 7) is 6.02. The minimum Gasteiger partial charge on any atom is -0.296 e. The molecule has 0 radical (unpaired) electrons. The van der Waals surface area contributed by atoms with Crippen molar-refractivity contribution in [1.29, 1.82) is 0 Å². The lowest BCUT2D eigenvalue weighted by molar-refractivity contribution is 0.881. The molecular formula is C24H20N6. The molecule has 0 amide bonds. The normalized spacial score (nSPS) is 11.1. The number of para-hydroxylation sites is 2. The van der Waals surface area contributed by atoms with Gasteiger partial charge in [-0.15, -0.1) is 16.8 Å². The molecule has 0 unspecified atom stereocenters. The smallest absolute Gasteiger partial charge is 0.205 e. The Morgan fingerprint density at radius 2 is 1.77 bits per heavy atom. The maximum atomic E-state index is 4.80. The number of aromatic amines is 1. The molecule has 0 fully saturated rings. The van der Waals surface area contributed by atoms with E-state index in [0.29, 0.717) is 12.2 Å². The third-order valence-corrected chi connectivity index (χ3v) is 5.23. The largest absolute Gasteiger partial charge is 0.296 e. The number of imidazole rings is 1. The summed E-state index contributed by atoms with van der Waals surface area (Å²) in [6, 6.07) is 22.8. The lowest BCUT2D eigenvalue weighted by Gasteiger charge is -2.14. The van der Waals surface area contributed by atoms with Crippen molar-refractivity contribution in [2.24, 2.45) is 0 Å². The van der Waals surface area contributed by atoms with E-state index in [0.717, 1.165) is 44.8 Å². The highest BCUT2D eigenvalue weighted by Crippen LogP contribution is 2.33. The van der Waals surface area contributed by atoms with Gasteiger partial charge in [0.1, 0.15) is 5.82 Å². The third kappa shape index (κ3) is 2.99. The van der Waals surface area contributed by atoms with Crippen LogP contribution in [0.1, 0.15) is 11.4 Å². The Balaban J connectivity index is 1.66. The van der Waals surface area contributed by atoms with Gasteiger partial charge in [-0.1, -0.05) is 48.5 Å². The summed E-state index contributed by atoms with van der Waals surface area (Å²) >= 11 is 0. The summed E-state index contributed by atoms with van der Waals surface area (Å²) in [7, 11) is 0. The molecule has 3 aromatic carbocycles. The first-order valence-corrected chi connectivity index (χ1v) is 9.78. The van der Waals surface area contributed by atoms with Crippen molar-refractivity contribution in [1.82, 2.24) is 30.2 Å². The SMILES string of the molecule is C=CCc1nc2ccccc2n1-c1ccc(-c2ccccc2-c2nn[nH]n2)c(C)c1. The topological polar surface area (TPSA) is 72.3 Å². The van der Waals surface area contributed by atoms with Crippen molar-refractivity contribution in [2.45, 2.75) is 13.3 Å². The van der Waals surface area contributed by atoms with Crippen molar-refractivity contribution in [3.05, 3.63) is 90.8 Å². The van der Waals surface area contributed by atoms with Gasteiger partial charge in [0.25, 0.3) is 0 Å². The van der Waals surface area contributed by atoms with E-state index in [1.807, 2.05) is 42.5 Å². The molecule has 6 heteroatoms. The van der Waals surface area contributed by atoms with Crippen molar-refractivity contribution >= 4 is 11.0 Å². The first kappa shape index (κ1) is 18.0. The number of tetrazole rings is 1. The van der Waals surface area contributed by atoms with Gasteiger partial charge < -0.3 is 0 Å². The van der Waals surface area contributed by atoms with Crippen LogP contribution < -0.4 is 0 Å². The Morgan fingerprint density at radius 3 is 2.53 bits per heavy atom. The molecule has 0 aliphatic carbocycles. The maximum absolute atomic E-state index is 4.80.